The van der Waals surface area contributed by atoms with Crippen LogP contribution in [-0.4, -0.2) is 19.6 Å². The molecule has 0 aromatic heterocycles. The Morgan fingerprint density at radius 1 is 1.35 bits per heavy atom. The van der Waals surface area contributed by atoms with Crippen molar-refractivity contribution in [1.29, 1.82) is 0 Å². The van der Waals surface area contributed by atoms with E-state index in [0.717, 1.165) is 36.8 Å². The molecule has 1 saturated carbocycles. The topological polar surface area (TPSA) is 15.3 Å². The zero-order chi connectivity index (χ0) is 14.5. The van der Waals surface area contributed by atoms with Gasteiger partial charge in [0.15, 0.2) is 0 Å². The van der Waals surface area contributed by atoms with Gasteiger partial charge < -0.3 is 10.2 Å². The van der Waals surface area contributed by atoms with Crippen LogP contribution in [0.3, 0.4) is 0 Å². The van der Waals surface area contributed by atoms with Gasteiger partial charge in [-0.15, -0.1) is 0 Å². The van der Waals surface area contributed by atoms with E-state index in [0.29, 0.717) is 0 Å². The molecule has 2 rings (SSSR count). The summed E-state index contributed by atoms with van der Waals surface area (Å²) >= 11 is 0. The molecule has 0 heterocycles. The summed E-state index contributed by atoms with van der Waals surface area (Å²) in [4.78, 5) is 2.34. The van der Waals surface area contributed by atoms with E-state index in [2.05, 4.69) is 30.1 Å². The fraction of sp³-hybridized carbons (Fsp3) is 0.647. The predicted molar refractivity (Wildman–Crippen MR) is 83.7 cm³/mol. The third-order valence-electron chi connectivity index (χ3n) is 4.40. The van der Waals surface area contributed by atoms with E-state index in [4.69, 9.17) is 0 Å². The van der Waals surface area contributed by atoms with Crippen molar-refractivity contribution in [2.45, 2.75) is 46.1 Å². The highest BCUT2D eigenvalue weighted by molar-refractivity contribution is 5.55. The molecule has 0 amide bonds. The van der Waals surface area contributed by atoms with Crippen molar-refractivity contribution in [2.75, 3.05) is 24.5 Å². The number of benzene rings is 1. The molecule has 1 N–H and O–H groups in total. The molecular formula is C17H27FN2. The highest BCUT2D eigenvalue weighted by Gasteiger charge is 2.23. The molecule has 1 aromatic carbocycles. The molecule has 0 saturated heterocycles. The molecule has 0 radical (unpaired) electrons. The summed E-state index contributed by atoms with van der Waals surface area (Å²) in [6, 6.07) is 5.51. The van der Waals surface area contributed by atoms with Crippen LogP contribution in [-0.2, 0) is 0 Å². The van der Waals surface area contributed by atoms with E-state index in [9.17, 15) is 4.39 Å². The van der Waals surface area contributed by atoms with Gasteiger partial charge >= 0.3 is 0 Å². The Hall–Kier alpha value is -1.09. The van der Waals surface area contributed by atoms with Crippen LogP contribution in [0.15, 0.2) is 18.2 Å². The molecule has 112 valence electrons. The van der Waals surface area contributed by atoms with E-state index in [1.807, 2.05) is 13.0 Å². The average molecular weight is 278 g/mol. The standard InChI is InChI=1S/C17H27FN2/c1-4-19-13(3)17-15(18)10-7-11-16(17)20(5-2)12-14-8-6-9-14/h7,10-11,13-14,19H,4-6,8-9,12H2,1-3H3. The first-order valence-electron chi connectivity index (χ1n) is 7.94. The molecule has 2 nitrogen and oxygen atoms in total. The molecule has 1 aliphatic rings. The van der Waals surface area contributed by atoms with Crippen molar-refractivity contribution < 1.29 is 4.39 Å². The maximum absolute atomic E-state index is 14.3. The number of nitrogens with zero attached hydrogens (tertiary/aromatic N) is 1. The lowest BCUT2D eigenvalue weighted by molar-refractivity contribution is 0.318. The zero-order valence-electron chi connectivity index (χ0n) is 13.0. The van der Waals surface area contributed by atoms with Gasteiger partial charge in [0.1, 0.15) is 5.82 Å². The first-order valence-corrected chi connectivity index (χ1v) is 7.94. The first-order chi connectivity index (χ1) is 9.67. The molecule has 1 atom stereocenters. The van der Waals surface area contributed by atoms with Gasteiger partial charge in [0.05, 0.1) is 0 Å². The monoisotopic (exact) mass is 278 g/mol. The maximum atomic E-state index is 14.3. The molecule has 20 heavy (non-hydrogen) atoms. The number of hydrogen-bond donors (Lipinski definition) is 1. The second kappa shape index (κ2) is 7.07. The fourth-order valence-corrected chi connectivity index (χ4v) is 3.02. The number of anilines is 1. The highest BCUT2D eigenvalue weighted by atomic mass is 19.1. The Labute approximate surface area is 122 Å². The number of rotatable bonds is 7. The summed E-state index contributed by atoms with van der Waals surface area (Å²) in [5, 5.41) is 3.34. The third kappa shape index (κ3) is 3.32. The predicted octanol–water partition coefficient (Wildman–Crippen LogP) is 4.12. The van der Waals surface area contributed by atoms with Crippen LogP contribution in [0.2, 0.25) is 0 Å². The molecular weight excluding hydrogens is 251 g/mol. The van der Waals surface area contributed by atoms with Gasteiger partial charge in [-0.2, -0.15) is 0 Å². The molecule has 0 aliphatic heterocycles. The van der Waals surface area contributed by atoms with Crippen molar-refractivity contribution in [3.63, 3.8) is 0 Å². The summed E-state index contributed by atoms with van der Waals surface area (Å²) in [7, 11) is 0. The van der Waals surface area contributed by atoms with Gasteiger partial charge in [-0.3, -0.25) is 0 Å². The van der Waals surface area contributed by atoms with Gasteiger partial charge in [-0.1, -0.05) is 19.4 Å². The zero-order valence-corrected chi connectivity index (χ0v) is 13.0. The lowest BCUT2D eigenvalue weighted by Crippen LogP contribution is -2.34. The first kappa shape index (κ1) is 15.3. The molecule has 3 heteroatoms. The molecule has 0 spiro atoms. The maximum Gasteiger partial charge on any atom is 0.130 e. The lowest BCUT2D eigenvalue weighted by Gasteiger charge is -2.35. The Kier molecular flexibility index (Phi) is 5.41. The Balaban J connectivity index is 2.25. The van der Waals surface area contributed by atoms with E-state index in [-0.39, 0.29) is 11.9 Å². The summed E-state index contributed by atoms with van der Waals surface area (Å²) in [6.07, 6.45) is 4.00. The van der Waals surface area contributed by atoms with Crippen LogP contribution in [0.1, 0.15) is 51.6 Å². The van der Waals surface area contributed by atoms with E-state index in [1.54, 1.807) is 6.07 Å². The minimum Gasteiger partial charge on any atom is -0.371 e. The van der Waals surface area contributed by atoms with Gasteiger partial charge in [0.25, 0.3) is 0 Å². The van der Waals surface area contributed by atoms with Crippen LogP contribution < -0.4 is 10.2 Å². The van der Waals surface area contributed by atoms with Crippen molar-refractivity contribution in [3.8, 4) is 0 Å². The van der Waals surface area contributed by atoms with Crippen LogP contribution in [0.25, 0.3) is 0 Å². The van der Waals surface area contributed by atoms with Crippen molar-refractivity contribution >= 4 is 5.69 Å². The normalized spacial score (nSPS) is 16.8. The van der Waals surface area contributed by atoms with E-state index >= 15 is 0 Å². The lowest BCUT2D eigenvalue weighted by atomic mass is 9.85. The van der Waals surface area contributed by atoms with Crippen LogP contribution in [0.5, 0.6) is 0 Å². The van der Waals surface area contributed by atoms with Crippen molar-refractivity contribution in [3.05, 3.63) is 29.6 Å². The summed E-state index contributed by atoms with van der Waals surface area (Å²) in [5.74, 6) is 0.698. The second-order valence-electron chi connectivity index (χ2n) is 5.79. The number of halogens is 1. The summed E-state index contributed by atoms with van der Waals surface area (Å²) in [6.45, 7) is 9.11. The van der Waals surface area contributed by atoms with Crippen molar-refractivity contribution in [1.82, 2.24) is 5.32 Å². The van der Waals surface area contributed by atoms with Crippen LogP contribution >= 0.6 is 0 Å². The number of hydrogen-bond acceptors (Lipinski definition) is 2. The van der Waals surface area contributed by atoms with Gasteiger partial charge in [0.2, 0.25) is 0 Å². The Morgan fingerprint density at radius 3 is 2.65 bits per heavy atom. The molecule has 1 fully saturated rings. The Morgan fingerprint density at radius 2 is 2.10 bits per heavy atom. The SMILES string of the molecule is CCNC(C)c1c(F)cccc1N(CC)CC1CCC1. The fourth-order valence-electron chi connectivity index (χ4n) is 3.02. The minimum atomic E-state index is -0.0944. The van der Waals surface area contributed by atoms with E-state index < -0.39 is 0 Å². The summed E-state index contributed by atoms with van der Waals surface area (Å²) < 4.78 is 14.3. The quantitative estimate of drug-likeness (QED) is 0.807. The summed E-state index contributed by atoms with van der Waals surface area (Å²) in [5.41, 5.74) is 1.88. The van der Waals surface area contributed by atoms with Crippen LogP contribution in [0, 0.1) is 11.7 Å². The largest absolute Gasteiger partial charge is 0.371 e. The smallest absolute Gasteiger partial charge is 0.130 e. The van der Waals surface area contributed by atoms with Crippen LogP contribution in [0.4, 0.5) is 10.1 Å². The highest BCUT2D eigenvalue weighted by Crippen LogP contribution is 2.33. The van der Waals surface area contributed by atoms with Crippen molar-refractivity contribution in [2.24, 2.45) is 5.92 Å². The minimum absolute atomic E-state index is 0.0478. The van der Waals surface area contributed by atoms with Gasteiger partial charge in [0, 0.05) is 30.4 Å². The number of nitrogens with one attached hydrogen (secondary N) is 1. The average Bonchev–Trinajstić information content (AvgIpc) is 2.37. The molecule has 1 unspecified atom stereocenters. The molecule has 1 aliphatic carbocycles. The molecule has 0 bridgehead atoms. The van der Waals surface area contributed by atoms with Gasteiger partial charge in [-0.05, 0) is 51.3 Å². The van der Waals surface area contributed by atoms with E-state index in [1.165, 1.54) is 19.3 Å². The molecule has 1 aromatic rings. The van der Waals surface area contributed by atoms with Gasteiger partial charge in [-0.25, -0.2) is 4.39 Å². The second-order valence-corrected chi connectivity index (χ2v) is 5.79. The third-order valence-corrected chi connectivity index (χ3v) is 4.40. The Bertz CT molecular complexity index is 429.